The number of hydrogen-bond donors (Lipinski definition) is 1. The highest BCUT2D eigenvalue weighted by Gasteiger charge is 2.35. The van der Waals surface area contributed by atoms with Crippen LogP contribution in [0.4, 0.5) is 18.9 Å². The summed E-state index contributed by atoms with van der Waals surface area (Å²) in [5.41, 5.74) is -0.895. The van der Waals surface area contributed by atoms with Crippen LogP contribution in [0.25, 0.3) is 0 Å². The first kappa shape index (κ1) is 17.3. The van der Waals surface area contributed by atoms with E-state index in [0.29, 0.717) is 13.1 Å². The lowest BCUT2D eigenvalue weighted by Crippen LogP contribution is -2.37. The molecule has 0 aliphatic carbocycles. The SMILES string of the molecule is CCNc1c(C(=O)N(CC)C(C)C)cccc1C(F)(F)F. The van der Waals surface area contributed by atoms with Crippen LogP contribution >= 0.6 is 0 Å². The molecule has 21 heavy (non-hydrogen) atoms. The molecule has 3 nitrogen and oxygen atoms in total. The van der Waals surface area contributed by atoms with Gasteiger partial charge in [0.2, 0.25) is 0 Å². The quantitative estimate of drug-likeness (QED) is 0.891. The van der Waals surface area contributed by atoms with E-state index in [1.54, 1.807) is 13.8 Å². The number of carbonyl (C=O) groups excluding carboxylic acids is 1. The summed E-state index contributed by atoms with van der Waals surface area (Å²) in [6.45, 7) is 7.92. The molecule has 6 heteroatoms. The molecular formula is C15H21F3N2O. The Labute approximate surface area is 123 Å². The third kappa shape index (κ3) is 3.89. The second-order valence-electron chi connectivity index (χ2n) is 4.94. The topological polar surface area (TPSA) is 32.3 Å². The van der Waals surface area contributed by atoms with Crippen LogP contribution in [0.1, 0.15) is 43.6 Å². The van der Waals surface area contributed by atoms with Gasteiger partial charge in [-0.3, -0.25) is 4.79 Å². The maximum absolute atomic E-state index is 13.1. The number of amides is 1. The van der Waals surface area contributed by atoms with E-state index in [1.165, 1.54) is 17.0 Å². The van der Waals surface area contributed by atoms with Crippen LogP contribution in [-0.4, -0.2) is 29.9 Å². The van der Waals surface area contributed by atoms with Crippen LogP contribution in [0.3, 0.4) is 0 Å². The van der Waals surface area contributed by atoms with E-state index >= 15 is 0 Å². The first-order valence-corrected chi connectivity index (χ1v) is 6.99. The zero-order chi connectivity index (χ0) is 16.2. The van der Waals surface area contributed by atoms with Crippen LogP contribution in [0, 0.1) is 0 Å². The molecule has 0 spiro atoms. The van der Waals surface area contributed by atoms with Gasteiger partial charge < -0.3 is 10.2 Å². The number of nitrogens with one attached hydrogen (secondary N) is 1. The van der Waals surface area contributed by atoms with Crippen molar-refractivity contribution in [2.45, 2.75) is 39.9 Å². The molecule has 0 radical (unpaired) electrons. The molecular weight excluding hydrogens is 281 g/mol. The number of carbonyl (C=O) groups is 1. The standard InChI is InChI=1S/C15H21F3N2O/c1-5-19-13-11(14(21)20(6-2)10(3)4)8-7-9-12(13)15(16,17)18/h7-10,19H,5-6H2,1-4H3. The van der Waals surface area contributed by atoms with Crippen LogP contribution in [-0.2, 0) is 6.18 Å². The minimum atomic E-state index is -4.50. The first-order valence-electron chi connectivity index (χ1n) is 6.99. The molecule has 0 aliphatic heterocycles. The summed E-state index contributed by atoms with van der Waals surface area (Å²) in [5, 5.41) is 2.68. The molecule has 1 aromatic rings. The van der Waals surface area contributed by atoms with Crippen molar-refractivity contribution in [3.63, 3.8) is 0 Å². The molecule has 0 bridgehead atoms. The van der Waals surface area contributed by atoms with Gasteiger partial charge in [0, 0.05) is 19.1 Å². The summed E-state index contributed by atoms with van der Waals surface area (Å²) in [4.78, 5) is 14.0. The Morgan fingerprint density at radius 2 is 1.90 bits per heavy atom. The Hall–Kier alpha value is -1.72. The summed E-state index contributed by atoms with van der Waals surface area (Å²) < 4.78 is 39.3. The maximum atomic E-state index is 13.1. The van der Waals surface area contributed by atoms with Gasteiger partial charge in [-0.15, -0.1) is 0 Å². The fraction of sp³-hybridized carbons (Fsp3) is 0.533. The molecule has 1 N–H and O–H groups in total. The largest absolute Gasteiger partial charge is 0.418 e. The number of para-hydroxylation sites is 1. The number of anilines is 1. The summed E-state index contributed by atoms with van der Waals surface area (Å²) in [5.74, 6) is -0.394. The highest BCUT2D eigenvalue weighted by molar-refractivity contribution is 6.00. The molecule has 1 aromatic carbocycles. The molecule has 0 saturated carbocycles. The normalized spacial score (nSPS) is 11.6. The molecule has 0 atom stereocenters. The third-order valence-corrected chi connectivity index (χ3v) is 3.18. The van der Waals surface area contributed by atoms with Crippen molar-refractivity contribution in [2.75, 3.05) is 18.4 Å². The van der Waals surface area contributed by atoms with Gasteiger partial charge in [-0.2, -0.15) is 13.2 Å². The smallest absolute Gasteiger partial charge is 0.384 e. The molecule has 0 heterocycles. The Morgan fingerprint density at radius 1 is 1.29 bits per heavy atom. The van der Waals surface area contributed by atoms with E-state index in [2.05, 4.69) is 5.32 Å². The van der Waals surface area contributed by atoms with Gasteiger partial charge in [-0.25, -0.2) is 0 Å². The average Bonchev–Trinajstić information content (AvgIpc) is 2.38. The lowest BCUT2D eigenvalue weighted by Gasteiger charge is -2.27. The lowest BCUT2D eigenvalue weighted by atomic mass is 10.0. The van der Waals surface area contributed by atoms with Gasteiger partial charge >= 0.3 is 6.18 Å². The molecule has 0 aromatic heterocycles. The summed E-state index contributed by atoms with van der Waals surface area (Å²) in [7, 11) is 0. The molecule has 1 rings (SSSR count). The predicted molar refractivity (Wildman–Crippen MR) is 77.5 cm³/mol. The van der Waals surface area contributed by atoms with Crippen LogP contribution in [0.2, 0.25) is 0 Å². The predicted octanol–water partition coefficient (Wildman–Crippen LogP) is 4.01. The number of alkyl halides is 3. The zero-order valence-electron chi connectivity index (χ0n) is 12.7. The second kappa shape index (κ2) is 6.83. The van der Waals surface area contributed by atoms with Crippen molar-refractivity contribution in [1.29, 1.82) is 0 Å². The highest BCUT2D eigenvalue weighted by atomic mass is 19.4. The van der Waals surface area contributed by atoms with Crippen LogP contribution < -0.4 is 5.32 Å². The summed E-state index contributed by atoms with van der Waals surface area (Å²) >= 11 is 0. The minimum Gasteiger partial charge on any atom is -0.384 e. The van der Waals surface area contributed by atoms with E-state index in [1.807, 2.05) is 13.8 Å². The van der Waals surface area contributed by atoms with Gasteiger partial charge in [0.25, 0.3) is 5.91 Å². The Bertz CT molecular complexity index is 498. The highest BCUT2D eigenvalue weighted by Crippen LogP contribution is 2.37. The number of halogens is 3. The lowest BCUT2D eigenvalue weighted by molar-refractivity contribution is -0.137. The van der Waals surface area contributed by atoms with Crippen LogP contribution in [0.5, 0.6) is 0 Å². The van der Waals surface area contributed by atoms with Crippen molar-refractivity contribution in [3.8, 4) is 0 Å². The second-order valence-corrected chi connectivity index (χ2v) is 4.94. The van der Waals surface area contributed by atoms with E-state index in [9.17, 15) is 18.0 Å². The van der Waals surface area contributed by atoms with Crippen molar-refractivity contribution >= 4 is 11.6 Å². The summed E-state index contributed by atoms with van der Waals surface area (Å²) in [6.07, 6.45) is -4.50. The van der Waals surface area contributed by atoms with Gasteiger partial charge in [0.15, 0.2) is 0 Å². The van der Waals surface area contributed by atoms with E-state index in [0.717, 1.165) is 6.07 Å². The summed E-state index contributed by atoms with van der Waals surface area (Å²) in [6, 6.07) is 3.61. The Kier molecular flexibility index (Phi) is 5.63. The third-order valence-electron chi connectivity index (χ3n) is 3.18. The fourth-order valence-corrected chi connectivity index (χ4v) is 2.23. The van der Waals surface area contributed by atoms with Crippen molar-refractivity contribution < 1.29 is 18.0 Å². The molecule has 0 saturated heterocycles. The van der Waals surface area contributed by atoms with Gasteiger partial charge in [-0.1, -0.05) is 6.07 Å². The zero-order valence-corrected chi connectivity index (χ0v) is 12.7. The Morgan fingerprint density at radius 3 is 2.33 bits per heavy atom. The van der Waals surface area contributed by atoms with Crippen molar-refractivity contribution in [3.05, 3.63) is 29.3 Å². The Balaban J connectivity index is 3.39. The number of hydrogen-bond acceptors (Lipinski definition) is 2. The van der Waals surface area contributed by atoms with Gasteiger partial charge in [0.1, 0.15) is 0 Å². The fourth-order valence-electron chi connectivity index (χ4n) is 2.23. The van der Waals surface area contributed by atoms with Crippen molar-refractivity contribution in [1.82, 2.24) is 4.90 Å². The first-order chi connectivity index (χ1) is 9.73. The number of rotatable bonds is 5. The van der Waals surface area contributed by atoms with E-state index in [-0.39, 0.29) is 17.3 Å². The van der Waals surface area contributed by atoms with Crippen molar-refractivity contribution in [2.24, 2.45) is 0 Å². The molecule has 118 valence electrons. The average molecular weight is 302 g/mol. The monoisotopic (exact) mass is 302 g/mol. The number of benzene rings is 1. The molecule has 0 aliphatic rings. The van der Waals surface area contributed by atoms with E-state index in [4.69, 9.17) is 0 Å². The van der Waals surface area contributed by atoms with Crippen LogP contribution in [0.15, 0.2) is 18.2 Å². The molecule has 1 amide bonds. The number of nitrogens with zero attached hydrogens (tertiary/aromatic N) is 1. The van der Waals surface area contributed by atoms with E-state index < -0.39 is 17.6 Å². The minimum absolute atomic E-state index is 0.0576. The molecule has 0 fully saturated rings. The molecule has 0 unspecified atom stereocenters. The van der Waals surface area contributed by atoms with Gasteiger partial charge in [0.05, 0.1) is 16.8 Å². The van der Waals surface area contributed by atoms with Gasteiger partial charge in [-0.05, 0) is 39.8 Å². The maximum Gasteiger partial charge on any atom is 0.418 e.